The van der Waals surface area contributed by atoms with Gasteiger partial charge in [0.2, 0.25) is 5.95 Å². The van der Waals surface area contributed by atoms with Crippen LogP contribution in [0.5, 0.6) is 5.75 Å². The second-order valence-electron chi connectivity index (χ2n) is 8.73. The lowest BCUT2D eigenvalue weighted by Crippen LogP contribution is -2.46. The smallest absolute Gasteiger partial charge is 0.226 e. The largest absolute Gasteiger partial charge is 0.496 e. The minimum Gasteiger partial charge on any atom is -0.496 e. The molecule has 1 aromatic carbocycles. The highest BCUT2D eigenvalue weighted by molar-refractivity contribution is 5.90. The Labute approximate surface area is 199 Å². The minimum absolute atomic E-state index is 0.105. The normalized spacial score (nSPS) is 19.6. The fourth-order valence-corrected chi connectivity index (χ4v) is 4.88. The molecule has 2 aliphatic rings. The quantitative estimate of drug-likeness (QED) is 0.462. The predicted octanol–water partition coefficient (Wildman–Crippen LogP) is 3.01. The van der Waals surface area contributed by atoms with Crippen LogP contribution in [0, 0.1) is 0 Å². The molecule has 5 rings (SSSR count). The number of anilines is 2. The predicted molar refractivity (Wildman–Crippen MR) is 130 cm³/mol. The van der Waals surface area contributed by atoms with Crippen LogP contribution in [0.2, 0.25) is 0 Å². The van der Waals surface area contributed by atoms with E-state index in [0.717, 1.165) is 60.5 Å². The molecule has 180 valence electrons. The van der Waals surface area contributed by atoms with E-state index in [1.54, 1.807) is 14.2 Å². The maximum Gasteiger partial charge on any atom is 0.226 e. The highest BCUT2D eigenvalue weighted by Crippen LogP contribution is 2.37. The van der Waals surface area contributed by atoms with Crippen LogP contribution in [0.1, 0.15) is 24.8 Å². The Balaban J connectivity index is 1.56. The number of aliphatic hydroxyl groups is 1. The van der Waals surface area contributed by atoms with Gasteiger partial charge in [0.05, 0.1) is 50.1 Å². The number of hydrogen-bond donors (Lipinski definition) is 2. The lowest BCUT2D eigenvalue weighted by atomic mass is 10.1. The molecule has 2 fully saturated rings. The lowest BCUT2D eigenvalue weighted by molar-refractivity contribution is 0.0904. The van der Waals surface area contributed by atoms with Crippen molar-refractivity contribution in [3.8, 4) is 17.0 Å². The molecule has 0 radical (unpaired) electrons. The van der Waals surface area contributed by atoms with Gasteiger partial charge in [-0.15, -0.1) is 0 Å². The highest BCUT2D eigenvalue weighted by atomic mass is 16.5. The van der Waals surface area contributed by atoms with Crippen molar-refractivity contribution in [1.29, 1.82) is 0 Å². The van der Waals surface area contributed by atoms with Gasteiger partial charge in [0.1, 0.15) is 11.6 Å². The number of benzene rings is 1. The van der Waals surface area contributed by atoms with Crippen LogP contribution in [0.3, 0.4) is 0 Å². The van der Waals surface area contributed by atoms with E-state index in [2.05, 4.69) is 16.3 Å². The van der Waals surface area contributed by atoms with Crippen LogP contribution >= 0.6 is 0 Å². The third-order valence-electron chi connectivity index (χ3n) is 6.58. The van der Waals surface area contributed by atoms with Crippen molar-refractivity contribution in [2.24, 2.45) is 0 Å². The summed E-state index contributed by atoms with van der Waals surface area (Å²) in [6.45, 7) is 2.73. The zero-order valence-corrected chi connectivity index (χ0v) is 19.7. The molecule has 4 heterocycles. The third-order valence-corrected chi connectivity index (χ3v) is 6.58. The van der Waals surface area contributed by atoms with E-state index in [0.29, 0.717) is 42.6 Å². The van der Waals surface area contributed by atoms with Gasteiger partial charge in [0.15, 0.2) is 5.65 Å². The van der Waals surface area contributed by atoms with Crippen LogP contribution in [0.4, 0.5) is 11.8 Å². The molecule has 2 N–H and O–H groups in total. The first kappa shape index (κ1) is 22.8. The van der Waals surface area contributed by atoms with Gasteiger partial charge in [-0.3, -0.25) is 0 Å². The summed E-state index contributed by atoms with van der Waals surface area (Å²) in [5.74, 6) is 2.14. The Morgan fingerprint density at radius 1 is 1.09 bits per heavy atom. The summed E-state index contributed by atoms with van der Waals surface area (Å²) in [6, 6.07) is 10.4. The molecule has 0 saturated carbocycles. The van der Waals surface area contributed by atoms with Crippen LogP contribution in [-0.4, -0.2) is 72.7 Å². The fraction of sp³-hybridized carbons (Fsp3) is 0.480. The molecule has 2 unspecified atom stereocenters. The maximum absolute atomic E-state index is 9.73. The van der Waals surface area contributed by atoms with Gasteiger partial charge >= 0.3 is 0 Å². The maximum atomic E-state index is 9.73. The number of morpholine rings is 1. The van der Waals surface area contributed by atoms with Crippen LogP contribution < -0.4 is 15.0 Å². The van der Waals surface area contributed by atoms with Crippen LogP contribution in [-0.2, 0) is 16.1 Å². The second-order valence-corrected chi connectivity index (χ2v) is 8.73. The molecule has 2 saturated heterocycles. The van der Waals surface area contributed by atoms with Gasteiger partial charge in [0, 0.05) is 31.4 Å². The highest BCUT2D eigenvalue weighted by Gasteiger charge is 2.39. The summed E-state index contributed by atoms with van der Waals surface area (Å²) in [6.07, 6.45) is 3.07. The molecule has 3 aromatic rings. The SMILES string of the molecule is COCCCNc1nc(N2C3CCC2COC3)c2ccc(-c3ccc(OC)c(CO)c3)nc2n1. The Bertz CT molecular complexity index is 1140. The summed E-state index contributed by atoms with van der Waals surface area (Å²) >= 11 is 0. The molecule has 9 nitrogen and oxygen atoms in total. The number of nitrogens with one attached hydrogen (secondary N) is 1. The average molecular weight is 466 g/mol. The number of hydrogen-bond acceptors (Lipinski definition) is 9. The van der Waals surface area contributed by atoms with Crippen LogP contribution in [0.15, 0.2) is 30.3 Å². The van der Waals surface area contributed by atoms with E-state index >= 15 is 0 Å². The summed E-state index contributed by atoms with van der Waals surface area (Å²) in [7, 11) is 3.30. The summed E-state index contributed by atoms with van der Waals surface area (Å²) in [5.41, 5.74) is 3.04. The molecule has 0 spiro atoms. The Kier molecular flexibility index (Phi) is 6.75. The number of ether oxygens (including phenoxy) is 3. The molecule has 2 atom stereocenters. The Morgan fingerprint density at radius 2 is 1.91 bits per heavy atom. The summed E-state index contributed by atoms with van der Waals surface area (Å²) < 4.78 is 16.3. The monoisotopic (exact) mass is 465 g/mol. The van der Waals surface area contributed by atoms with Crippen molar-refractivity contribution in [3.63, 3.8) is 0 Å². The van der Waals surface area contributed by atoms with Crippen molar-refractivity contribution in [3.05, 3.63) is 35.9 Å². The zero-order valence-electron chi connectivity index (χ0n) is 19.7. The first-order chi connectivity index (χ1) is 16.7. The molecular formula is C25H31N5O4. The van der Waals surface area contributed by atoms with Gasteiger partial charge in [-0.2, -0.15) is 9.97 Å². The van der Waals surface area contributed by atoms with Crippen LogP contribution in [0.25, 0.3) is 22.3 Å². The van der Waals surface area contributed by atoms with E-state index in [1.165, 1.54) is 0 Å². The topological polar surface area (TPSA) is 102 Å². The fourth-order valence-electron chi connectivity index (χ4n) is 4.88. The van der Waals surface area contributed by atoms with Crippen molar-refractivity contribution in [1.82, 2.24) is 15.0 Å². The second kappa shape index (κ2) is 10.1. The number of aliphatic hydroxyl groups excluding tert-OH is 1. The molecule has 0 amide bonds. The number of fused-ring (bicyclic) bond motifs is 3. The van der Waals surface area contributed by atoms with E-state index in [9.17, 15) is 5.11 Å². The van der Waals surface area contributed by atoms with Gasteiger partial charge in [-0.25, -0.2) is 4.98 Å². The van der Waals surface area contributed by atoms with E-state index in [-0.39, 0.29) is 6.61 Å². The molecule has 2 aliphatic heterocycles. The molecule has 2 bridgehead atoms. The van der Waals surface area contributed by atoms with E-state index < -0.39 is 0 Å². The number of pyridine rings is 1. The summed E-state index contributed by atoms with van der Waals surface area (Å²) in [5, 5.41) is 14.0. The third kappa shape index (κ3) is 4.38. The van der Waals surface area contributed by atoms with Gasteiger partial charge in [-0.1, -0.05) is 0 Å². The molecule has 34 heavy (non-hydrogen) atoms. The zero-order chi connectivity index (χ0) is 23.5. The minimum atomic E-state index is -0.105. The number of nitrogens with zero attached hydrogens (tertiary/aromatic N) is 4. The first-order valence-electron chi connectivity index (χ1n) is 11.8. The number of rotatable bonds is 9. The van der Waals surface area contributed by atoms with E-state index in [1.807, 2.05) is 24.3 Å². The molecule has 2 aromatic heterocycles. The average Bonchev–Trinajstić information content (AvgIpc) is 3.12. The number of aromatic nitrogens is 3. The standard InChI is InChI=1S/C25H31N5O4/c1-32-11-3-10-26-25-28-23-20(24(29-25)30-18-5-6-19(30)15-34-14-18)7-8-21(27-23)16-4-9-22(33-2)17(12-16)13-31/h4,7-9,12,18-19,31H,3,5-6,10-11,13-15H2,1-2H3,(H,26,27,28,29). The summed E-state index contributed by atoms with van der Waals surface area (Å²) in [4.78, 5) is 17.0. The van der Waals surface area contributed by atoms with Gasteiger partial charge in [0.25, 0.3) is 0 Å². The van der Waals surface area contributed by atoms with Crippen molar-refractivity contribution >= 4 is 22.8 Å². The van der Waals surface area contributed by atoms with Crippen molar-refractivity contribution < 1.29 is 19.3 Å². The lowest BCUT2D eigenvalue weighted by Gasteiger charge is -2.36. The first-order valence-corrected chi connectivity index (χ1v) is 11.8. The molecular weight excluding hydrogens is 434 g/mol. The van der Waals surface area contributed by atoms with Crippen molar-refractivity contribution in [2.75, 3.05) is 50.8 Å². The van der Waals surface area contributed by atoms with Crippen molar-refractivity contribution in [2.45, 2.75) is 38.0 Å². The molecule has 9 heteroatoms. The van der Waals surface area contributed by atoms with Gasteiger partial charge in [-0.05, 0) is 49.6 Å². The molecule has 0 aliphatic carbocycles. The van der Waals surface area contributed by atoms with Gasteiger partial charge < -0.3 is 29.5 Å². The Morgan fingerprint density at radius 3 is 2.65 bits per heavy atom. The number of methoxy groups -OCH3 is 2. The van der Waals surface area contributed by atoms with E-state index in [4.69, 9.17) is 29.2 Å². The Hall–Kier alpha value is -3.01.